The van der Waals surface area contributed by atoms with Crippen LogP contribution in [0.3, 0.4) is 0 Å². The molecule has 0 aromatic heterocycles. The molecule has 0 saturated carbocycles. The number of benzene rings is 1. The number of nitrogens with zero attached hydrogens (tertiary/aromatic N) is 1. The minimum atomic E-state index is -0.636. The van der Waals surface area contributed by atoms with E-state index in [0.717, 1.165) is 5.56 Å². The Morgan fingerprint density at radius 2 is 2.12 bits per heavy atom. The van der Waals surface area contributed by atoms with E-state index in [1.54, 1.807) is 0 Å². The SMILES string of the molecule is N#CCCCNC(=O)[C@@H](N)c1ccccc1. The van der Waals surface area contributed by atoms with Gasteiger partial charge in [0.25, 0.3) is 0 Å². The van der Waals surface area contributed by atoms with Gasteiger partial charge in [-0.3, -0.25) is 4.79 Å². The number of carbonyl (C=O) groups excluding carboxylic acids is 1. The molecule has 0 heterocycles. The van der Waals surface area contributed by atoms with Crippen LogP contribution in [-0.2, 0) is 4.79 Å². The zero-order chi connectivity index (χ0) is 11.8. The Kier molecular flexibility index (Phi) is 5.03. The van der Waals surface area contributed by atoms with Gasteiger partial charge in [0, 0.05) is 13.0 Å². The second-order valence-electron chi connectivity index (χ2n) is 3.44. The summed E-state index contributed by atoms with van der Waals surface area (Å²) in [5, 5.41) is 11.0. The number of hydrogen-bond donors (Lipinski definition) is 2. The molecule has 0 unspecified atom stereocenters. The van der Waals surface area contributed by atoms with Crippen LogP contribution in [0.2, 0.25) is 0 Å². The average molecular weight is 217 g/mol. The van der Waals surface area contributed by atoms with Crippen molar-refractivity contribution < 1.29 is 4.79 Å². The third-order valence-electron chi connectivity index (χ3n) is 2.21. The maximum atomic E-state index is 11.6. The highest BCUT2D eigenvalue weighted by molar-refractivity contribution is 5.82. The fourth-order valence-electron chi connectivity index (χ4n) is 1.30. The van der Waals surface area contributed by atoms with Gasteiger partial charge in [0.05, 0.1) is 6.07 Å². The number of nitrogens with one attached hydrogen (secondary N) is 1. The van der Waals surface area contributed by atoms with Crippen LogP contribution in [0.15, 0.2) is 30.3 Å². The number of unbranched alkanes of at least 4 members (excludes halogenated alkanes) is 1. The van der Waals surface area contributed by atoms with Gasteiger partial charge >= 0.3 is 0 Å². The van der Waals surface area contributed by atoms with Gasteiger partial charge in [-0.25, -0.2) is 0 Å². The quantitative estimate of drug-likeness (QED) is 0.725. The van der Waals surface area contributed by atoms with Crippen LogP contribution in [0.4, 0.5) is 0 Å². The highest BCUT2D eigenvalue weighted by atomic mass is 16.2. The third kappa shape index (κ3) is 3.71. The lowest BCUT2D eigenvalue weighted by Crippen LogP contribution is -2.34. The van der Waals surface area contributed by atoms with Gasteiger partial charge in [0.15, 0.2) is 0 Å². The molecule has 3 N–H and O–H groups in total. The van der Waals surface area contributed by atoms with Crippen molar-refractivity contribution in [1.82, 2.24) is 5.32 Å². The van der Waals surface area contributed by atoms with E-state index in [-0.39, 0.29) is 5.91 Å². The molecular weight excluding hydrogens is 202 g/mol. The van der Waals surface area contributed by atoms with Crippen molar-refractivity contribution in [2.75, 3.05) is 6.54 Å². The Bertz CT molecular complexity index is 370. The molecule has 84 valence electrons. The van der Waals surface area contributed by atoms with E-state index in [2.05, 4.69) is 5.32 Å². The molecule has 0 saturated heterocycles. The van der Waals surface area contributed by atoms with E-state index in [1.165, 1.54) is 0 Å². The molecule has 4 nitrogen and oxygen atoms in total. The highest BCUT2D eigenvalue weighted by Gasteiger charge is 2.14. The van der Waals surface area contributed by atoms with E-state index in [0.29, 0.717) is 19.4 Å². The van der Waals surface area contributed by atoms with Crippen LogP contribution in [0.25, 0.3) is 0 Å². The van der Waals surface area contributed by atoms with E-state index in [9.17, 15) is 4.79 Å². The second kappa shape index (κ2) is 6.59. The Balaban J connectivity index is 2.40. The lowest BCUT2D eigenvalue weighted by molar-refractivity contribution is -0.122. The number of carbonyl (C=O) groups is 1. The Morgan fingerprint density at radius 1 is 1.44 bits per heavy atom. The maximum Gasteiger partial charge on any atom is 0.241 e. The van der Waals surface area contributed by atoms with E-state index in [4.69, 9.17) is 11.0 Å². The van der Waals surface area contributed by atoms with Crippen molar-refractivity contribution in [2.24, 2.45) is 5.73 Å². The van der Waals surface area contributed by atoms with Crippen molar-refractivity contribution in [1.29, 1.82) is 5.26 Å². The summed E-state index contributed by atoms with van der Waals surface area (Å²) in [6.45, 7) is 0.493. The summed E-state index contributed by atoms with van der Waals surface area (Å²) in [6.07, 6.45) is 1.10. The van der Waals surface area contributed by atoms with Gasteiger partial charge in [-0.15, -0.1) is 0 Å². The van der Waals surface area contributed by atoms with E-state index in [1.807, 2.05) is 36.4 Å². The summed E-state index contributed by atoms with van der Waals surface area (Å²) in [4.78, 5) is 11.6. The molecule has 4 heteroatoms. The van der Waals surface area contributed by atoms with Crippen molar-refractivity contribution in [3.05, 3.63) is 35.9 Å². The summed E-state index contributed by atoms with van der Waals surface area (Å²) in [6, 6.07) is 10.6. The number of nitrogens with two attached hydrogens (primary N) is 1. The Labute approximate surface area is 95.1 Å². The predicted octanol–water partition coefficient (Wildman–Crippen LogP) is 1.11. The van der Waals surface area contributed by atoms with Gasteiger partial charge in [-0.05, 0) is 12.0 Å². The molecule has 0 bridgehead atoms. The normalized spacial score (nSPS) is 11.5. The summed E-state index contributed by atoms with van der Waals surface area (Å²) in [7, 11) is 0. The molecule has 0 radical (unpaired) electrons. The predicted molar refractivity (Wildman–Crippen MR) is 61.2 cm³/mol. The van der Waals surface area contributed by atoms with Crippen LogP contribution in [0.1, 0.15) is 24.4 Å². The van der Waals surface area contributed by atoms with Crippen LogP contribution >= 0.6 is 0 Å². The molecular formula is C12H15N3O. The highest BCUT2D eigenvalue weighted by Crippen LogP contribution is 2.08. The monoisotopic (exact) mass is 217 g/mol. The largest absolute Gasteiger partial charge is 0.354 e. The van der Waals surface area contributed by atoms with Gasteiger partial charge in [0.2, 0.25) is 5.91 Å². The first-order valence-corrected chi connectivity index (χ1v) is 5.21. The molecule has 0 aliphatic carbocycles. The molecule has 0 aliphatic rings. The molecule has 1 aromatic rings. The molecule has 1 amide bonds. The van der Waals surface area contributed by atoms with Gasteiger partial charge in [-0.1, -0.05) is 30.3 Å². The summed E-state index contributed by atoms with van der Waals surface area (Å²) < 4.78 is 0. The number of nitriles is 1. The number of amides is 1. The maximum absolute atomic E-state index is 11.6. The van der Waals surface area contributed by atoms with Crippen LogP contribution in [0, 0.1) is 11.3 Å². The van der Waals surface area contributed by atoms with Gasteiger partial charge in [0.1, 0.15) is 6.04 Å². The molecule has 1 atom stereocenters. The lowest BCUT2D eigenvalue weighted by Gasteiger charge is -2.11. The van der Waals surface area contributed by atoms with Crippen LogP contribution < -0.4 is 11.1 Å². The number of rotatable bonds is 5. The van der Waals surface area contributed by atoms with Crippen molar-refractivity contribution in [2.45, 2.75) is 18.9 Å². The minimum absolute atomic E-state index is 0.205. The molecule has 0 fully saturated rings. The Hall–Kier alpha value is -1.86. The molecule has 1 rings (SSSR count). The van der Waals surface area contributed by atoms with Crippen LogP contribution in [0.5, 0.6) is 0 Å². The van der Waals surface area contributed by atoms with Gasteiger partial charge < -0.3 is 11.1 Å². The first kappa shape index (κ1) is 12.2. The third-order valence-corrected chi connectivity index (χ3v) is 2.21. The molecule has 1 aromatic carbocycles. The topological polar surface area (TPSA) is 78.9 Å². The van der Waals surface area contributed by atoms with Crippen LogP contribution in [-0.4, -0.2) is 12.5 Å². The number of hydrogen-bond acceptors (Lipinski definition) is 3. The minimum Gasteiger partial charge on any atom is -0.354 e. The fraction of sp³-hybridized carbons (Fsp3) is 0.333. The van der Waals surface area contributed by atoms with Crippen molar-refractivity contribution >= 4 is 5.91 Å². The standard InChI is InChI=1S/C12H15N3O/c13-8-4-5-9-15-12(16)11(14)10-6-2-1-3-7-10/h1-3,6-7,11H,4-5,9,14H2,(H,15,16)/t11-/m0/s1. The summed E-state index contributed by atoms with van der Waals surface area (Å²) in [5.41, 5.74) is 6.57. The first-order chi connectivity index (χ1) is 7.75. The average Bonchev–Trinajstić information content (AvgIpc) is 2.34. The smallest absolute Gasteiger partial charge is 0.241 e. The van der Waals surface area contributed by atoms with Crippen molar-refractivity contribution in [3.8, 4) is 6.07 Å². The fourth-order valence-corrected chi connectivity index (χ4v) is 1.30. The molecule has 0 spiro atoms. The van der Waals surface area contributed by atoms with E-state index >= 15 is 0 Å². The van der Waals surface area contributed by atoms with Crippen molar-refractivity contribution in [3.63, 3.8) is 0 Å². The summed E-state index contributed by atoms with van der Waals surface area (Å²) >= 11 is 0. The first-order valence-electron chi connectivity index (χ1n) is 5.21. The zero-order valence-electron chi connectivity index (χ0n) is 9.02. The molecule has 0 aliphatic heterocycles. The van der Waals surface area contributed by atoms with Gasteiger partial charge in [-0.2, -0.15) is 5.26 Å². The second-order valence-corrected chi connectivity index (χ2v) is 3.44. The Morgan fingerprint density at radius 3 is 2.75 bits per heavy atom. The summed E-state index contributed by atoms with van der Waals surface area (Å²) in [5.74, 6) is -0.205. The molecule has 16 heavy (non-hydrogen) atoms. The van der Waals surface area contributed by atoms with E-state index < -0.39 is 6.04 Å². The lowest BCUT2D eigenvalue weighted by atomic mass is 10.1. The zero-order valence-corrected chi connectivity index (χ0v) is 9.02.